The molecule has 1 aliphatic rings. The van der Waals surface area contributed by atoms with Crippen LogP contribution >= 0.6 is 0 Å². The minimum atomic E-state index is -3.03. The van der Waals surface area contributed by atoms with Gasteiger partial charge in [-0.25, -0.2) is 12.7 Å². The van der Waals surface area contributed by atoms with Crippen LogP contribution < -0.4 is 5.32 Å². The van der Waals surface area contributed by atoms with E-state index in [0.717, 1.165) is 25.8 Å². The van der Waals surface area contributed by atoms with Gasteiger partial charge in [0.15, 0.2) is 0 Å². The molecule has 1 fully saturated rings. The van der Waals surface area contributed by atoms with Gasteiger partial charge in [-0.2, -0.15) is 0 Å². The predicted octanol–water partition coefficient (Wildman–Crippen LogP) is 2.71. The SMILES string of the molecule is CC(C)C(CNC(C)(C)C)CC1CCCN(S(C)(=O)=O)C1. The van der Waals surface area contributed by atoms with Crippen LogP contribution in [0.1, 0.15) is 53.9 Å². The molecule has 1 heterocycles. The summed E-state index contributed by atoms with van der Waals surface area (Å²) in [5.74, 6) is 1.73. The third-order valence-electron chi connectivity index (χ3n) is 4.42. The van der Waals surface area contributed by atoms with Crippen molar-refractivity contribution in [3.63, 3.8) is 0 Å². The van der Waals surface area contributed by atoms with Gasteiger partial charge >= 0.3 is 0 Å². The van der Waals surface area contributed by atoms with Crippen LogP contribution in [0.25, 0.3) is 0 Å². The number of piperidine rings is 1. The molecule has 2 unspecified atom stereocenters. The fraction of sp³-hybridized carbons (Fsp3) is 1.00. The molecule has 21 heavy (non-hydrogen) atoms. The van der Waals surface area contributed by atoms with Crippen molar-refractivity contribution in [3.8, 4) is 0 Å². The number of nitrogens with zero attached hydrogens (tertiary/aromatic N) is 1. The van der Waals surface area contributed by atoms with Crippen LogP contribution in [0, 0.1) is 17.8 Å². The van der Waals surface area contributed by atoms with Gasteiger partial charge < -0.3 is 5.32 Å². The van der Waals surface area contributed by atoms with Crippen molar-refractivity contribution < 1.29 is 8.42 Å². The lowest BCUT2D eigenvalue weighted by molar-refractivity contribution is 0.199. The fourth-order valence-corrected chi connectivity index (χ4v) is 3.92. The first-order chi connectivity index (χ1) is 9.49. The summed E-state index contributed by atoms with van der Waals surface area (Å²) in [6.45, 7) is 13.5. The minimum absolute atomic E-state index is 0.137. The lowest BCUT2D eigenvalue weighted by Crippen LogP contribution is -2.43. The van der Waals surface area contributed by atoms with E-state index in [0.29, 0.717) is 30.8 Å². The van der Waals surface area contributed by atoms with E-state index >= 15 is 0 Å². The summed E-state index contributed by atoms with van der Waals surface area (Å²) < 4.78 is 25.1. The Morgan fingerprint density at radius 2 is 1.90 bits per heavy atom. The fourth-order valence-electron chi connectivity index (χ4n) is 2.98. The molecule has 0 aromatic carbocycles. The molecule has 0 saturated carbocycles. The maximum absolute atomic E-state index is 11.7. The Morgan fingerprint density at radius 1 is 1.29 bits per heavy atom. The van der Waals surface area contributed by atoms with Crippen molar-refractivity contribution in [1.82, 2.24) is 9.62 Å². The van der Waals surface area contributed by atoms with Crippen LogP contribution in [0.5, 0.6) is 0 Å². The third-order valence-corrected chi connectivity index (χ3v) is 5.69. The maximum Gasteiger partial charge on any atom is 0.211 e. The highest BCUT2D eigenvalue weighted by Crippen LogP contribution is 2.28. The lowest BCUT2D eigenvalue weighted by Gasteiger charge is -2.35. The summed E-state index contributed by atoms with van der Waals surface area (Å²) in [6, 6.07) is 0. The van der Waals surface area contributed by atoms with E-state index in [1.807, 2.05) is 0 Å². The van der Waals surface area contributed by atoms with Crippen LogP contribution in [0.15, 0.2) is 0 Å². The van der Waals surface area contributed by atoms with Gasteiger partial charge in [0.1, 0.15) is 0 Å². The normalized spacial score (nSPS) is 23.5. The Bertz CT molecular complexity index is 412. The molecule has 0 amide bonds. The molecule has 0 aromatic rings. The third kappa shape index (κ3) is 7.11. The molecule has 1 rings (SSSR count). The van der Waals surface area contributed by atoms with Crippen LogP contribution in [-0.2, 0) is 10.0 Å². The summed E-state index contributed by atoms with van der Waals surface area (Å²) >= 11 is 0. The number of hydrogen-bond donors (Lipinski definition) is 1. The molecule has 0 aromatic heterocycles. The molecule has 2 atom stereocenters. The van der Waals surface area contributed by atoms with Crippen molar-refractivity contribution in [2.24, 2.45) is 17.8 Å². The summed E-state index contributed by atoms with van der Waals surface area (Å²) in [5.41, 5.74) is 0.137. The van der Waals surface area contributed by atoms with Crippen LogP contribution in [-0.4, -0.2) is 44.2 Å². The summed E-state index contributed by atoms with van der Waals surface area (Å²) in [6.07, 6.45) is 4.60. The quantitative estimate of drug-likeness (QED) is 0.819. The van der Waals surface area contributed by atoms with E-state index in [2.05, 4.69) is 39.9 Å². The number of sulfonamides is 1. The van der Waals surface area contributed by atoms with Crippen molar-refractivity contribution >= 4 is 10.0 Å². The van der Waals surface area contributed by atoms with E-state index in [4.69, 9.17) is 0 Å². The molecule has 1 aliphatic heterocycles. The Labute approximate surface area is 131 Å². The Kier molecular flexibility index (Phi) is 6.69. The monoisotopic (exact) mass is 318 g/mol. The topological polar surface area (TPSA) is 49.4 Å². The molecule has 4 nitrogen and oxygen atoms in total. The maximum atomic E-state index is 11.7. The van der Waals surface area contributed by atoms with Crippen molar-refractivity contribution in [2.45, 2.75) is 59.4 Å². The van der Waals surface area contributed by atoms with Gasteiger partial charge in [0.2, 0.25) is 10.0 Å². The van der Waals surface area contributed by atoms with Crippen molar-refractivity contribution in [1.29, 1.82) is 0 Å². The van der Waals surface area contributed by atoms with Crippen LogP contribution in [0.2, 0.25) is 0 Å². The predicted molar refractivity (Wildman–Crippen MR) is 89.8 cm³/mol. The van der Waals surface area contributed by atoms with E-state index < -0.39 is 10.0 Å². The van der Waals surface area contributed by atoms with E-state index in [1.165, 1.54) is 6.26 Å². The van der Waals surface area contributed by atoms with Gasteiger partial charge in [0, 0.05) is 18.6 Å². The molecular formula is C16H34N2O2S. The second-order valence-electron chi connectivity index (χ2n) is 8.00. The zero-order valence-electron chi connectivity index (χ0n) is 14.6. The van der Waals surface area contributed by atoms with Gasteiger partial charge in [-0.1, -0.05) is 13.8 Å². The average Bonchev–Trinajstić information content (AvgIpc) is 2.32. The van der Waals surface area contributed by atoms with E-state index in [1.54, 1.807) is 4.31 Å². The molecule has 0 radical (unpaired) electrons. The first-order valence-electron chi connectivity index (χ1n) is 8.19. The Balaban J connectivity index is 2.58. The summed E-state index contributed by atoms with van der Waals surface area (Å²) in [7, 11) is -3.03. The first-order valence-corrected chi connectivity index (χ1v) is 10.0. The molecule has 0 spiro atoms. The van der Waals surface area contributed by atoms with E-state index in [-0.39, 0.29) is 5.54 Å². The zero-order valence-corrected chi connectivity index (χ0v) is 15.5. The Morgan fingerprint density at radius 3 is 2.38 bits per heavy atom. The van der Waals surface area contributed by atoms with Crippen molar-refractivity contribution in [2.75, 3.05) is 25.9 Å². The molecular weight excluding hydrogens is 284 g/mol. The van der Waals surface area contributed by atoms with Gasteiger partial charge in [-0.05, 0) is 64.3 Å². The highest BCUT2D eigenvalue weighted by atomic mass is 32.2. The van der Waals surface area contributed by atoms with Crippen LogP contribution in [0.3, 0.4) is 0 Å². The first kappa shape index (κ1) is 18.9. The van der Waals surface area contributed by atoms with Crippen LogP contribution in [0.4, 0.5) is 0 Å². The number of hydrogen-bond acceptors (Lipinski definition) is 3. The Hall–Kier alpha value is -0.130. The molecule has 126 valence electrons. The summed E-state index contributed by atoms with van der Waals surface area (Å²) in [4.78, 5) is 0. The number of nitrogens with one attached hydrogen (secondary N) is 1. The smallest absolute Gasteiger partial charge is 0.211 e. The highest BCUT2D eigenvalue weighted by molar-refractivity contribution is 7.88. The van der Waals surface area contributed by atoms with Gasteiger partial charge in [0.25, 0.3) is 0 Å². The highest BCUT2D eigenvalue weighted by Gasteiger charge is 2.28. The second-order valence-corrected chi connectivity index (χ2v) is 9.98. The summed E-state index contributed by atoms with van der Waals surface area (Å²) in [5, 5.41) is 3.60. The molecule has 0 bridgehead atoms. The van der Waals surface area contributed by atoms with Gasteiger partial charge in [-0.15, -0.1) is 0 Å². The van der Waals surface area contributed by atoms with Gasteiger partial charge in [0.05, 0.1) is 6.26 Å². The van der Waals surface area contributed by atoms with E-state index in [9.17, 15) is 8.42 Å². The van der Waals surface area contributed by atoms with Crippen molar-refractivity contribution in [3.05, 3.63) is 0 Å². The largest absolute Gasteiger partial charge is 0.312 e. The molecule has 5 heteroatoms. The number of rotatable bonds is 6. The average molecular weight is 319 g/mol. The standard InChI is InChI=1S/C16H34N2O2S/c1-13(2)15(11-17-16(3,4)5)10-14-8-7-9-18(12-14)21(6,19)20/h13-15,17H,7-12H2,1-6H3. The molecule has 0 aliphatic carbocycles. The molecule has 1 saturated heterocycles. The minimum Gasteiger partial charge on any atom is -0.312 e. The lowest BCUT2D eigenvalue weighted by atomic mass is 9.83. The zero-order chi connectivity index (χ0) is 16.3. The second kappa shape index (κ2) is 7.42. The molecule has 1 N–H and O–H groups in total. The van der Waals surface area contributed by atoms with Gasteiger partial charge in [-0.3, -0.25) is 0 Å².